The Morgan fingerprint density at radius 3 is 2.63 bits per heavy atom. The minimum absolute atomic E-state index is 0.211. The van der Waals surface area contributed by atoms with E-state index in [0.717, 1.165) is 11.3 Å². The fourth-order valence-electron chi connectivity index (χ4n) is 1.75. The van der Waals surface area contributed by atoms with Gasteiger partial charge in [-0.2, -0.15) is 5.10 Å². The van der Waals surface area contributed by atoms with Crippen molar-refractivity contribution in [3.8, 4) is 0 Å². The maximum absolute atomic E-state index is 12.1. The Kier molecular flexibility index (Phi) is 3.74. The zero-order chi connectivity index (χ0) is 14.0. The first kappa shape index (κ1) is 13.8. The van der Waals surface area contributed by atoms with Crippen LogP contribution >= 0.6 is 0 Å². The Balaban J connectivity index is 2.13. The van der Waals surface area contributed by atoms with Gasteiger partial charge in [-0.3, -0.25) is 4.68 Å². The molecule has 2 heterocycles. The fourth-order valence-corrected chi connectivity index (χ4v) is 2.86. The molecule has 8 heteroatoms. The van der Waals surface area contributed by atoms with Gasteiger partial charge in [0.1, 0.15) is 0 Å². The molecule has 0 aliphatic carbocycles. The topological polar surface area (TPSA) is 94.9 Å². The number of hydrogen-bond acceptors (Lipinski definition) is 4. The number of sulfonamides is 1. The highest BCUT2D eigenvalue weighted by Crippen LogP contribution is 2.13. The van der Waals surface area contributed by atoms with E-state index in [1.54, 1.807) is 48.0 Å². The number of aryl methyl sites for hydroxylation is 2. The minimum Gasteiger partial charge on any atom is -0.352 e. The van der Waals surface area contributed by atoms with Gasteiger partial charge in [0.05, 0.1) is 11.1 Å². The second-order valence-electron chi connectivity index (χ2n) is 4.33. The summed E-state index contributed by atoms with van der Waals surface area (Å²) in [6.07, 6.45) is 4.94. The molecule has 7 nitrogen and oxygen atoms in total. The van der Waals surface area contributed by atoms with Crippen LogP contribution in [0.3, 0.4) is 0 Å². The number of hydrogen-bond donors (Lipinski definition) is 2. The molecule has 0 amide bonds. The van der Waals surface area contributed by atoms with Gasteiger partial charge in [0.2, 0.25) is 10.0 Å². The van der Waals surface area contributed by atoms with Crippen LogP contribution in [0.15, 0.2) is 29.6 Å². The number of nitrogens with two attached hydrogens (primary N) is 1. The van der Waals surface area contributed by atoms with E-state index >= 15 is 0 Å². The van der Waals surface area contributed by atoms with Crippen molar-refractivity contribution in [2.75, 3.05) is 0 Å². The van der Waals surface area contributed by atoms with Crippen molar-refractivity contribution in [1.82, 2.24) is 19.1 Å². The minimum atomic E-state index is -3.52. The molecular formula is C11H17N5O2S. The van der Waals surface area contributed by atoms with Crippen LogP contribution < -0.4 is 10.5 Å². The van der Waals surface area contributed by atoms with Gasteiger partial charge in [-0.25, -0.2) is 13.1 Å². The monoisotopic (exact) mass is 283 g/mol. The largest absolute Gasteiger partial charge is 0.352 e. The van der Waals surface area contributed by atoms with Gasteiger partial charge in [0, 0.05) is 50.8 Å². The van der Waals surface area contributed by atoms with E-state index in [-0.39, 0.29) is 11.4 Å². The molecule has 0 aromatic carbocycles. The molecule has 2 aromatic rings. The molecule has 0 aliphatic heterocycles. The Morgan fingerprint density at radius 1 is 1.37 bits per heavy atom. The normalized spacial score (nSPS) is 11.9. The van der Waals surface area contributed by atoms with Crippen LogP contribution in [-0.4, -0.2) is 22.8 Å². The van der Waals surface area contributed by atoms with Crippen molar-refractivity contribution in [2.24, 2.45) is 19.8 Å². The van der Waals surface area contributed by atoms with Crippen LogP contribution in [0, 0.1) is 0 Å². The molecule has 0 bridgehead atoms. The summed E-state index contributed by atoms with van der Waals surface area (Å²) in [4.78, 5) is 0.222. The van der Waals surface area contributed by atoms with Gasteiger partial charge < -0.3 is 10.3 Å². The summed E-state index contributed by atoms with van der Waals surface area (Å²) in [5.41, 5.74) is 7.10. The lowest BCUT2D eigenvalue weighted by Gasteiger charge is -2.02. The number of aromatic nitrogens is 3. The first-order valence-electron chi connectivity index (χ1n) is 5.75. The van der Waals surface area contributed by atoms with Crippen molar-refractivity contribution in [3.63, 3.8) is 0 Å². The maximum atomic E-state index is 12.1. The van der Waals surface area contributed by atoms with E-state index < -0.39 is 10.0 Å². The van der Waals surface area contributed by atoms with Gasteiger partial charge in [-0.05, 0) is 6.07 Å². The van der Waals surface area contributed by atoms with Gasteiger partial charge in [-0.15, -0.1) is 0 Å². The van der Waals surface area contributed by atoms with E-state index in [1.165, 1.54) is 0 Å². The molecular weight excluding hydrogens is 266 g/mol. The number of nitrogens with zero attached hydrogens (tertiary/aromatic N) is 3. The summed E-state index contributed by atoms with van der Waals surface area (Å²) in [6.45, 7) is 0.512. The Morgan fingerprint density at radius 2 is 2.11 bits per heavy atom. The highest BCUT2D eigenvalue weighted by Gasteiger charge is 2.17. The van der Waals surface area contributed by atoms with E-state index in [2.05, 4.69) is 9.82 Å². The molecule has 0 saturated carbocycles. The van der Waals surface area contributed by atoms with Crippen LogP contribution in [-0.2, 0) is 37.2 Å². The summed E-state index contributed by atoms with van der Waals surface area (Å²) in [5.74, 6) is 0. The molecule has 0 saturated heterocycles. The number of nitrogens with one attached hydrogen (secondary N) is 1. The second-order valence-corrected chi connectivity index (χ2v) is 6.10. The third kappa shape index (κ3) is 3.03. The molecule has 0 atom stereocenters. The maximum Gasteiger partial charge on any atom is 0.242 e. The SMILES string of the molecule is Cn1cc(CNS(=O)(=O)c2cc(CN)n(C)c2)cn1. The Labute approximate surface area is 112 Å². The van der Waals surface area contributed by atoms with Crippen LogP contribution in [0.2, 0.25) is 0 Å². The van der Waals surface area contributed by atoms with Gasteiger partial charge in [0.15, 0.2) is 0 Å². The predicted molar refractivity (Wildman–Crippen MR) is 70.5 cm³/mol. The lowest BCUT2D eigenvalue weighted by molar-refractivity contribution is 0.581. The third-order valence-corrected chi connectivity index (χ3v) is 4.20. The number of rotatable bonds is 5. The van der Waals surface area contributed by atoms with Crippen molar-refractivity contribution >= 4 is 10.0 Å². The summed E-state index contributed by atoms with van der Waals surface area (Å²) < 4.78 is 30.1. The highest BCUT2D eigenvalue weighted by molar-refractivity contribution is 7.89. The van der Waals surface area contributed by atoms with Crippen molar-refractivity contribution in [3.05, 3.63) is 35.9 Å². The van der Waals surface area contributed by atoms with Gasteiger partial charge in [-0.1, -0.05) is 0 Å². The van der Waals surface area contributed by atoms with E-state index in [0.29, 0.717) is 6.54 Å². The Hall–Kier alpha value is -1.64. The van der Waals surface area contributed by atoms with Crippen molar-refractivity contribution in [2.45, 2.75) is 18.0 Å². The van der Waals surface area contributed by atoms with E-state index in [9.17, 15) is 8.42 Å². The molecule has 0 aliphatic rings. The molecule has 2 aromatic heterocycles. The lowest BCUT2D eigenvalue weighted by Crippen LogP contribution is -2.22. The summed E-state index contributed by atoms with van der Waals surface area (Å²) in [7, 11) is 0.0223. The standard InChI is InChI=1S/C11H17N5O2S/c1-15-8-11(3-10(15)4-12)19(17,18)14-6-9-5-13-16(2)7-9/h3,5,7-8,14H,4,6,12H2,1-2H3. The average Bonchev–Trinajstić information content (AvgIpc) is 2.93. The molecule has 0 spiro atoms. The molecule has 3 N–H and O–H groups in total. The molecule has 19 heavy (non-hydrogen) atoms. The first-order valence-corrected chi connectivity index (χ1v) is 7.23. The van der Waals surface area contributed by atoms with Crippen LogP contribution in [0.4, 0.5) is 0 Å². The fraction of sp³-hybridized carbons (Fsp3) is 0.364. The van der Waals surface area contributed by atoms with Crippen LogP contribution in [0.5, 0.6) is 0 Å². The van der Waals surface area contributed by atoms with Crippen LogP contribution in [0.25, 0.3) is 0 Å². The first-order chi connectivity index (χ1) is 8.92. The molecule has 2 rings (SSSR count). The zero-order valence-corrected chi connectivity index (χ0v) is 11.7. The highest BCUT2D eigenvalue weighted by atomic mass is 32.2. The van der Waals surface area contributed by atoms with Crippen LogP contribution in [0.1, 0.15) is 11.3 Å². The summed E-state index contributed by atoms with van der Waals surface area (Å²) in [6, 6.07) is 1.57. The third-order valence-electron chi connectivity index (χ3n) is 2.83. The second kappa shape index (κ2) is 5.16. The van der Waals surface area contributed by atoms with Crippen molar-refractivity contribution < 1.29 is 8.42 Å². The predicted octanol–water partition coefficient (Wildman–Crippen LogP) is -0.304. The molecule has 0 fully saturated rings. The van der Waals surface area contributed by atoms with E-state index in [4.69, 9.17) is 5.73 Å². The van der Waals surface area contributed by atoms with E-state index in [1.807, 2.05) is 0 Å². The van der Waals surface area contributed by atoms with Crippen molar-refractivity contribution in [1.29, 1.82) is 0 Å². The Bertz CT molecular complexity index is 671. The van der Waals surface area contributed by atoms with Gasteiger partial charge in [0.25, 0.3) is 0 Å². The summed E-state index contributed by atoms with van der Waals surface area (Å²) in [5, 5.41) is 3.98. The molecule has 104 valence electrons. The molecule has 0 radical (unpaired) electrons. The average molecular weight is 283 g/mol. The molecule has 0 unspecified atom stereocenters. The smallest absolute Gasteiger partial charge is 0.242 e. The lowest BCUT2D eigenvalue weighted by atomic mass is 10.4. The summed E-state index contributed by atoms with van der Waals surface area (Å²) >= 11 is 0. The van der Waals surface area contributed by atoms with Gasteiger partial charge >= 0.3 is 0 Å². The quantitative estimate of drug-likeness (QED) is 0.787. The zero-order valence-electron chi connectivity index (χ0n) is 10.9.